The summed E-state index contributed by atoms with van der Waals surface area (Å²) in [5.74, 6) is 0. The molecule has 1 N–H and O–H groups in total. The van der Waals surface area contributed by atoms with E-state index in [-0.39, 0.29) is 0 Å². The Balaban J connectivity index is 1.88. The van der Waals surface area contributed by atoms with Gasteiger partial charge in [-0.25, -0.2) is 9.97 Å². The SMILES string of the molecule is CN(Cc1ccncn1)C1CCCNC1. The predicted octanol–water partition coefficient (Wildman–Crippen LogP) is 0.660. The molecular formula is C11H18N4. The van der Waals surface area contributed by atoms with Crippen LogP contribution < -0.4 is 5.32 Å². The standard InChI is InChI=1S/C11H18N4/c1-15(11-3-2-5-12-7-11)8-10-4-6-13-9-14-10/h4,6,9,11-12H,2-3,5,7-8H2,1H3. The molecule has 82 valence electrons. The third kappa shape index (κ3) is 2.97. The molecule has 0 saturated carbocycles. The predicted molar refractivity (Wildman–Crippen MR) is 59.4 cm³/mol. The molecule has 0 radical (unpaired) electrons. The Morgan fingerprint density at radius 2 is 2.53 bits per heavy atom. The van der Waals surface area contributed by atoms with E-state index in [2.05, 4.69) is 27.2 Å². The number of aromatic nitrogens is 2. The normalized spacial score (nSPS) is 21.9. The molecule has 1 aromatic rings. The molecule has 4 nitrogen and oxygen atoms in total. The minimum atomic E-state index is 0.647. The van der Waals surface area contributed by atoms with Crippen molar-refractivity contribution in [3.05, 3.63) is 24.3 Å². The monoisotopic (exact) mass is 206 g/mol. The summed E-state index contributed by atoms with van der Waals surface area (Å²) in [5, 5.41) is 3.43. The molecule has 0 aliphatic carbocycles. The van der Waals surface area contributed by atoms with E-state index in [4.69, 9.17) is 0 Å². The van der Waals surface area contributed by atoms with Gasteiger partial charge >= 0.3 is 0 Å². The molecule has 1 aromatic heterocycles. The van der Waals surface area contributed by atoms with Gasteiger partial charge in [0.25, 0.3) is 0 Å². The van der Waals surface area contributed by atoms with Crippen molar-refractivity contribution in [1.29, 1.82) is 0 Å². The van der Waals surface area contributed by atoms with Crippen molar-refractivity contribution in [1.82, 2.24) is 20.2 Å². The van der Waals surface area contributed by atoms with Gasteiger partial charge < -0.3 is 5.32 Å². The maximum atomic E-state index is 4.24. The second kappa shape index (κ2) is 5.19. The minimum absolute atomic E-state index is 0.647. The first-order chi connectivity index (χ1) is 7.36. The van der Waals surface area contributed by atoms with E-state index in [9.17, 15) is 0 Å². The highest BCUT2D eigenvalue weighted by Gasteiger charge is 2.17. The van der Waals surface area contributed by atoms with Crippen LogP contribution in [-0.4, -0.2) is 41.0 Å². The first-order valence-corrected chi connectivity index (χ1v) is 5.52. The molecule has 0 aromatic carbocycles. The number of hydrogen-bond acceptors (Lipinski definition) is 4. The molecule has 1 aliphatic rings. The van der Waals surface area contributed by atoms with Crippen molar-refractivity contribution in [3.63, 3.8) is 0 Å². The zero-order valence-electron chi connectivity index (χ0n) is 9.19. The molecular weight excluding hydrogens is 188 g/mol. The number of nitrogens with one attached hydrogen (secondary N) is 1. The van der Waals surface area contributed by atoms with Crippen molar-refractivity contribution >= 4 is 0 Å². The van der Waals surface area contributed by atoms with Crippen LogP contribution in [0, 0.1) is 0 Å². The van der Waals surface area contributed by atoms with Gasteiger partial charge in [0.05, 0.1) is 5.69 Å². The van der Waals surface area contributed by atoms with E-state index in [1.807, 2.05) is 6.07 Å². The molecule has 1 unspecified atom stereocenters. The summed E-state index contributed by atoms with van der Waals surface area (Å²) in [7, 11) is 2.17. The average Bonchev–Trinajstić information content (AvgIpc) is 2.31. The topological polar surface area (TPSA) is 41.1 Å². The molecule has 0 amide bonds. The fraction of sp³-hybridized carbons (Fsp3) is 0.636. The van der Waals surface area contributed by atoms with Gasteiger partial charge in [-0.3, -0.25) is 4.90 Å². The van der Waals surface area contributed by atoms with Gasteiger partial charge in [-0.2, -0.15) is 0 Å². The van der Waals surface area contributed by atoms with Gasteiger partial charge in [0.15, 0.2) is 0 Å². The van der Waals surface area contributed by atoms with Crippen molar-refractivity contribution in [2.45, 2.75) is 25.4 Å². The third-order valence-corrected chi connectivity index (χ3v) is 2.95. The second-order valence-corrected chi connectivity index (χ2v) is 4.12. The molecule has 0 bridgehead atoms. The van der Waals surface area contributed by atoms with Crippen LogP contribution in [0.2, 0.25) is 0 Å². The molecule has 1 atom stereocenters. The lowest BCUT2D eigenvalue weighted by Gasteiger charge is -2.31. The first-order valence-electron chi connectivity index (χ1n) is 5.52. The number of rotatable bonds is 3. The Bertz CT molecular complexity index is 282. The van der Waals surface area contributed by atoms with Gasteiger partial charge in [0.1, 0.15) is 6.33 Å². The zero-order chi connectivity index (χ0) is 10.5. The number of likely N-dealkylation sites (N-methyl/N-ethyl adjacent to an activating group) is 1. The van der Waals surface area contributed by atoms with Gasteiger partial charge in [-0.15, -0.1) is 0 Å². The van der Waals surface area contributed by atoms with E-state index >= 15 is 0 Å². The van der Waals surface area contributed by atoms with Gasteiger partial charge in [0, 0.05) is 25.3 Å². The summed E-state index contributed by atoms with van der Waals surface area (Å²) in [6, 6.07) is 2.63. The Morgan fingerprint density at radius 1 is 1.60 bits per heavy atom. The van der Waals surface area contributed by atoms with Crippen molar-refractivity contribution in [3.8, 4) is 0 Å². The summed E-state index contributed by atoms with van der Waals surface area (Å²) >= 11 is 0. The fourth-order valence-corrected chi connectivity index (χ4v) is 2.01. The van der Waals surface area contributed by atoms with Crippen LogP contribution in [-0.2, 0) is 6.54 Å². The van der Waals surface area contributed by atoms with Crippen LogP contribution >= 0.6 is 0 Å². The molecule has 2 heterocycles. The van der Waals surface area contributed by atoms with Crippen LogP contribution in [0.3, 0.4) is 0 Å². The Morgan fingerprint density at radius 3 is 3.20 bits per heavy atom. The summed E-state index contributed by atoms with van der Waals surface area (Å²) in [4.78, 5) is 10.5. The maximum absolute atomic E-state index is 4.24. The number of nitrogens with zero attached hydrogens (tertiary/aromatic N) is 3. The lowest BCUT2D eigenvalue weighted by Crippen LogP contribution is -2.43. The number of piperidine rings is 1. The van der Waals surface area contributed by atoms with Crippen molar-refractivity contribution in [2.24, 2.45) is 0 Å². The highest BCUT2D eigenvalue weighted by atomic mass is 15.2. The van der Waals surface area contributed by atoms with Crippen LogP contribution in [0.1, 0.15) is 18.5 Å². The molecule has 15 heavy (non-hydrogen) atoms. The van der Waals surface area contributed by atoms with E-state index < -0.39 is 0 Å². The Kier molecular flexibility index (Phi) is 3.64. The van der Waals surface area contributed by atoms with Gasteiger partial charge in [-0.05, 0) is 32.5 Å². The van der Waals surface area contributed by atoms with Gasteiger partial charge in [0.2, 0.25) is 0 Å². The number of hydrogen-bond donors (Lipinski definition) is 1. The van der Waals surface area contributed by atoms with Crippen LogP contribution in [0.25, 0.3) is 0 Å². The molecule has 4 heteroatoms. The quantitative estimate of drug-likeness (QED) is 0.789. The van der Waals surface area contributed by atoms with E-state index in [1.165, 1.54) is 12.8 Å². The lowest BCUT2D eigenvalue weighted by molar-refractivity contribution is 0.194. The Hall–Kier alpha value is -1.00. The third-order valence-electron chi connectivity index (χ3n) is 2.95. The summed E-state index contributed by atoms with van der Waals surface area (Å²) < 4.78 is 0. The molecule has 1 fully saturated rings. The molecule has 0 spiro atoms. The highest BCUT2D eigenvalue weighted by molar-refractivity contribution is 4.98. The van der Waals surface area contributed by atoms with Crippen LogP contribution in [0.4, 0.5) is 0 Å². The summed E-state index contributed by atoms with van der Waals surface area (Å²) in [6.45, 7) is 3.17. The van der Waals surface area contributed by atoms with Crippen molar-refractivity contribution in [2.75, 3.05) is 20.1 Å². The fourth-order valence-electron chi connectivity index (χ4n) is 2.01. The van der Waals surface area contributed by atoms with E-state index in [0.717, 1.165) is 25.3 Å². The average molecular weight is 206 g/mol. The zero-order valence-corrected chi connectivity index (χ0v) is 9.19. The molecule has 1 saturated heterocycles. The summed E-state index contributed by atoms with van der Waals surface area (Å²) in [6.07, 6.45) is 5.98. The van der Waals surface area contributed by atoms with E-state index in [1.54, 1.807) is 12.5 Å². The maximum Gasteiger partial charge on any atom is 0.115 e. The summed E-state index contributed by atoms with van der Waals surface area (Å²) in [5.41, 5.74) is 1.10. The first kappa shape index (κ1) is 10.5. The lowest BCUT2D eigenvalue weighted by atomic mass is 10.1. The van der Waals surface area contributed by atoms with Gasteiger partial charge in [-0.1, -0.05) is 0 Å². The Labute approximate surface area is 90.7 Å². The molecule has 1 aliphatic heterocycles. The molecule has 2 rings (SSSR count). The minimum Gasteiger partial charge on any atom is -0.315 e. The van der Waals surface area contributed by atoms with Crippen molar-refractivity contribution < 1.29 is 0 Å². The second-order valence-electron chi connectivity index (χ2n) is 4.12. The highest BCUT2D eigenvalue weighted by Crippen LogP contribution is 2.10. The van der Waals surface area contributed by atoms with E-state index in [0.29, 0.717) is 6.04 Å². The van der Waals surface area contributed by atoms with Crippen LogP contribution in [0.5, 0.6) is 0 Å². The largest absolute Gasteiger partial charge is 0.315 e. The smallest absolute Gasteiger partial charge is 0.115 e. The van der Waals surface area contributed by atoms with Crippen LogP contribution in [0.15, 0.2) is 18.6 Å².